The number of guanidine groups is 1. The van der Waals surface area contributed by atoms with Crippen LogP contribution in [-0.4, -0.2) is 28.8 Å². The summed E-state index contributed by atoms with van der Waals surface area (Å²) in [5.41, 5.74) is 10.6. The van der Waals surface area contributed by atoms with E-state index in [4.69, 9.17) is 23.1 Å². The molecule has 0 aromatic carbocycles. The normalized spacial score (nSPS) is 11.9. The maximum atomic E-state index is 5.56. The zero-order chi connectivity index (χ0) is 11.0. The maximum Gasteiger partial charge on any atom is 0.193 e. The Morgan fingerprint density at radius 3 is 2.50 bits per heavy atom. The molecular weight excluding hydrogens is 220 g/mol. The van der Waals surface area contributed by atoms with Crippen LogP contribution in [0.2, 0.25) is 0 Å². The molecule has 6 heteroatoms. The summed E-state index contributed by atoms with van der Waals surface area (Å²) in [4.78, 5) is 8.21. The minimum absolute atomic E-state index is 0.0442. The molecule has 14 heavy (non-hydrogen) atoms. The van der Waals surface area contributed by atoms with E-state index in [-0.39, 0.29) is 12.0 Å². The Labute approximate surface area is 94.2 Å². The van der Waals surface area contributed by atoms with Crippen LogP contribution in [0, 0.1) is 0 Å². The van der Waals surface area contributed by atoms with E-state index in [1.54, 1.807) is 0 Å². The van der Waals surface area contributed by atoms with Gasteiger partial charge in [0.2, 0.25) is 0 Å². The fourth-order valence-corrected chi connectivity index (χ4v) is 1.87. The first-order chi connectivity index (χ1) is 6.56. The summed E-state index contributed by atoms with van der Waals surface area (Å²) in [5, 5.41) is 0.630. The van der Waals surface area contributed by atoms with Gasteiger partial charge in [-0.05, 0) is 20.3 Å². The van der Waals surface area contributed by atoms with Crippen LogP contribution in [0.15, 0.2) is 9.98 Å². The van der Waals surface area contributed by atoms with Gasteiger partial charge in [0.1, 0.15) is 0 Å². The summed E-state index contributed by atoms with van der Waals surface area (Å²) in [6, 6.07) is 0.191. The number of hydrogen-bond acceptors (Lipinski definition) is 2. The number of alkyl halides is 1. The van der Waals surface area contributed by atoms with Crippen molar-refractivity contribution in [3.05, 3.63) is 0 Å². The van der Waals surface area contributed by atoms with Gasteiger partial charge in [-0.2, -0.15) is 4.99 Å². The summed E-state index contributed by atoms with van der Waals surface area (Å²) in [5.74, 6) is 1.57. The molecule has 0 unspecified atom stereocenters. The number of nitrogens with zero attached hydrogens (tertiary/aromatic N) is 2. The highest BCUT2D eigenvalue weighted by molar-refractivity contribution is 8.13. The molecule has 82 valence electrons. The maximum absolute atomic E-state index is 5.56. The molecule has 0 rings (SSSR count). The van der Waals surface area contributed by atoms with Crippen LogP contribution in [0.25, 0.3) is 0 Å². The molecule has 0 atom stereocenters. The smallest absolute Gasteiger partial charge is 0.193 e. The van der Waals surface area contributed by atoms with Crippen LogP contribution in [0.1, 0.15) is 20.3 Å². The van der Waals surface area contributed by atoms with Gasteiger partial charge in [0, 0.05) is 17.7 Å². The van der Waals surface area contributed by atoms with E-state index >= 15 is 0 Å². The largest absolute Gasteiger partial charge is 0.370 e. The lowest BCUT2D eigenvalue weighted by Crippen LogP contribution is -2.24. The second-order valence-electron chi connectivity index (χ2n) is 2.93. The molecule has 0 spiro atoms. The number of aliphatic imine (C=N–C) groups is 2. The average molecular weight is 237 g/mol. The third-order valence-corrected chi connectivity index (χ3v) is 2.32. The lowest BCUT2D eigenvalue weighted by atomic mass is 10.4. The standard InChI is InChI=1S/C8H17ClN4S/c1-6(2)12-8(13-7(10)11)14-5-3-4-9/h6H,3-5H2,1-2H3,(H4,10,11,12,13). The minimum atomic E-state index is 0.0442. The molecule has 4 nitrogen and oxygen atoms in total. The van der Waals surface area contributed by atoms with E-state index in [0.29, 0.717) is 11.0 Å². The number of halogens is 1. The topological polar surface area (TPSA) is 76.8 Å². The molecule has 0 saturated carbocycles. The van der Waals surface area contributed by atoms with Gasteiger partial charge in [-0.3, -0.25) is 4.99 Å². The molecular formula is C8H17ClN4S. The van der Waals surface area contributed by atoms with Gasteiger partial charge in [0.05, 0.1) is 0 Å². The quantitative estimate of drug-likeness (QED) is 0.335. The van der Waals surface area contributed by atoms with Crippen LogP contribution >= 0.6 is 23.4 Å². The second kappa shape index (κ2) is 7.94. The van der Waals surface area contributed by atoms with Gasteiger partial charge in [-0.15, -0.1) is 11.6 Å². The summed E-state index contributed by atoms with van der Waals surface area (Å²) < 4.78 is 0. The van der Waals surface area contributed by atoms with Crippen molar-refractivity contribution < 1.29 is 0 Å². The molecule has 0 aliphatic heterocycles. The zero-order valence-electron chi connectivity index (χ0n) is 8.53. The molecule has 0 aromatic rings. The average Bonchev–Trinajstić information content (AvgIpc) is 2.02. The predicted octanol–water partition coefficient (Wildman–Crippen LogP) is 1.39. The number of amidine groups is 1. The van der Waals surface area contributed by atoms with Crippen molar-refractivity contribution in [2.45, 2.75) is 26.3 Å². The molecule has 0 bridgehead atoms. The Bertz CT molecular complexity index is 211. The molecule has 0 aromatic heterocycles. The summed E-state index contributed by atoms with van der Waals surface area (Å²) in [7, 11) is 0. The van der Waals surface area contributed by atoms with E-state index in [2.05, 4.69) is 9.98 Å². The van der Waals surface area contributed by atoms with E-state index in [1.807, 2.05) is 13.8 Å². The van der Waals surface area contributed by atoms with E-state index < -0.39 is 0 Å². The first kappa shape index (κ1) is 13.6. The summed E-state index contributed by atoms with van der Waals surface area (Å²) in [6.07, 6.45) is 0.920. The zero-order valence-corrected chi connectivity index (χ0v) is 10.1. The monoisotopic (exact) mass is 236 g/mol. The van der Waals surface area contributed by atoms with E-state index in [0.717, 1.165) is 12.2 Å². The van der Waals surface area contributed by atoms with Gasteiger partial charge in [0.15, 0.2) is 11.1 Å². The molecule has 0 amide bonds. The second-order valence-corrected chi connectivity index (χ2v) is 4.37. The Morgan fingerprint density at radius 2 is 2.07 bits per heavy atom. The molecule has 0 heterocycles. The Hall–Kier alpha value is -0.420. The highest BCUT2D eigenvalue weighted by Crippen LogP contribution is 2.09. The third kappa shape index (κ3) is 8.19. The van der Waals surface area contributed by atoms with Crippen molar-refractivity contribution in [1.82, 2.24) is 0 Å². The molecule has 0 aliphatic carbocycles. The number of nitrogens with two attached hydrogens (primary N) is 2. The summed E-state index contributed by atoms with van der Waals surface area (Å²) >= 11 is 7.08. The van der Waals surface area contributed by atoms with Crippen LogP contribution < -0.4 is 11.5 Å². The van der Waals surface area contributed by atoms with Crippen LogP contribution in [-0.2, 0) is 0 Å². The fraction of sp³-hybridized carbons (Fsp3) is 0.750. The lowest BCUT2D eigenvalue weighted by Gasteiger charge is -2.02. The van der Waals surface area contributed by atoms with Crippen molar-refractivity contribution in [1.29, 1.82) is 0 Å². The van der Waals surface area contributed by atoms with Crippen LogP contribution in [0.3, 0.4) is 0 Å². The van der Waals surface area contributed by atoms with Gasteiger partial charge in [-0.1, -0.05) is 11.8 Å². The fourth-order valence-electron chi connectivity index (χ4n) is 0.648. The van der Waals surface area contributed by atoms with Gasteiger partial charge in [-0.25, -0.2) is 0 Å². The molecule has 4 N–H and O–H groups in total. The third-order valence-electron chi connectivity index (χ3n) is 1.10. The number of thioether (sulfide) groups is 1. The highest BCUT2D eigenvalue weighted by Gasteiger charge is 2.00. The predicted molar refractivity (Wildman–Crippen MR) is 66.2 cm³/mol. The van der Waals surface area contributed by atoms with Crippen molar-refractivity contribution in [3.8, 4) is 0 Å². The van der Waals surface area contributed by atoms with Crippen molar-refractivity contribution >= 4 is 34.5 Å². The summed E-state index contributed by atoms with van der Waals surface area (Å²) in [6.45, 7) is 3.95. The van der Waals surface area contributed by atoms with Crippen molar-refractivity contribution in [2.24, 2.45) is 21.5 Å². The van der Waals surface area contributed by atoms with Crippen LogP contribution in [0.5, 0.6) is 0 Å². The van der Waals surface area contributed by atoms with Gasteiger partial charge < -0.3 is 11.5 Å². The molecule has 0 fully saturated rings. The molecule has 0 radical (unpaired) electrons. The van der Waals surface area contributed by atoms with Crippen molar-refractivity contribution in [3.63, 3.8) is 0 Å². The Balaban J connectivity index is 4.19. The first-order valence-electron chi connectivity index (χ1n) is 4.42. The van der Waals surface area contributed by atoms with E-state index in [9.17, 15) is 0 Å². The SMILES string of the molecule is CC(C)N=C(N=C(N)N)SCCCCl. The molecule has 0 aliphatic rings. The minimum Gasteiger partial charge on any atom is -0.370 e. The Morgan fingerprint density at radius 1 is 1.43 bits per heavy atom. The number of hydrogen-bond donors (Lipinski definition) is 2. The lowest BCUT2D eigenvalue weighted by molar-refractivity contribution is 0.837. The highest BCUT2D eigenvalue weighted by atomic mass is 35.5. The van der Waals surface area contributed by atoms with Crippen LogP contribution in [0.4, 0.5) is 0 Å². The first-order valence-corrected chi connectivity index (χ1v) is 5.94. The van der Waals surface area contributed by atoms with Crippen molar-refractivity contribution in [2.75, 3.05) is 11.6 Å². The van der Waals surface area contributed by atoms with Gasteiger partial charge >= 0.3 is 0 Å². The Kier molecular flexibility index (Phi) is 7.70. The molecule has 0 saturated heterocycles. The number of rotatable bonds is 4. The van der Waals surface area contributed by atoms with E-state index in [1.165, 1.54) is 11.8 Å². The van der Waals surface area contributed by atoms with Gasteiger partial charge in [0.25, 0.3) is 0 Å².